The SMILES string of the molecule is CCN1CCC(Nc2nc(Cl)nc3cc(I)c(OC)cc23)CC1. The third kappa shape index (κ3) is 3.80. The molecule has 2 aromatic rings. The van der Waals surface area contributed by atoms with Gasteiger partial charge in [0.25, 0.3) is 0 Å². The Morgan fingerprint density at radius 3 is 2.74 bits per heavy atom. The van der Waals surface area contributed by atoms with Gasteiger partial charge in [0.15, 0.2) is 0 Å². The van der Waals surface area contributed by atoms with Crippen LogP contribution in [-0.4, -0.2) is 47.7 Å². The lowest BCUT2D eigenvalue weighted by Gasteiger charge is -2.31. The molecule has 0 amide bonds. The molecule has 124 valence electrons. The number of halogens is 2. The summed E-state index contributed by atoms with van der Waals surface area (Å²) in [5.74, 6) is 1.62. The van der Waals surface area contributed by atoms with Crippen molar-refractivity contribution < 1.29 is 4.74 Å². The number of fused-ring (bicyclic) bond motifs is 1. The molecule has 5 nitrogen and oxygen atoms in total. The van der Waals surface area contributed by atoms with E-state index in [2.05, 4.69) is 49.7 Å². The summed E-state index contributed by atoms with van der Waals surface area (Å²) in [7, 11) is 1.67. The maximum Gasteiger partial charge on any atom is 0.224 e. The van der Waals surface area contributed by atoms with E-state index in [9.17, 15) is 0 Å². The van der Waals surface area contributed by atoms with E-state index < -0.39 is 0 Å². The Balaban J connectivity index is 1.90. The first-order valence-electron chi connectivity index (χ1n) is 7.80. The molecule has 1 saturated heterocycles. The fraction of sp³-hybridized carbons (Fsp3) is 0.500. The quantitative estimate of drug-likeness (QED) is 0.572. The average Bonchev–Trinajstić information content (AvgIpc) is 2.55. The first-order valence-corrected chi connectivity index (χ1v) is 9.26. The largest absolute Gasteiger partial charge is 0.496 e. The number of rotatable bonds is 4. The highest BCUT2D eigenvalue weighted by Crippen LogP contribution is 2.31. The van der Waals surface area contributed by atoms with Gasteiger partial charge in [-0.1, -0.05) is 6.92 Å². The Kier molecular flexibility index (Phi) is 5.43. The Morgan fingerprint density at radius 2 is 2.09 bits per heavy atom. The maximum absolute atomic E-state index is 6.11. The molecule has 3 rings (SSSR count). The van der Waals surface area contributed by atoms with Gasteiger partial charge < -0.3 is 15.0 Å². The van der Waals surface area contributed by atoms with Gasteiger partial charge in [-0.2, -0.15) is 0 Å². The number of anilines is 1. The summed E-state index contributed by atoms with van der Waals surface area (Å²) < 4.78 is 6.44. The number of aromatic nitrogens is 2. The standard InChI is InChI=1S/C16H20ClIN4O/c1-3-22-6-4-10(5-7-22)19-15-11-8-14(23-2)12(18)9-13(11)20-16(17)21-15/h8-10H,3-7H2,1-2H3,(H,19,20,21). The highest BCUT2D eigenvalue weighted by Gasteiger charge is 2.20. The number of nitrogens with one attached hydrogen (secondary N) is 1. The minimum Gasteiger partial charge on any atom is -0.496 e. The molecular formula is C16H20ClIN4O. The van der Waals surface area contributed by atoms with Gasteiger partial charge in [-0.25, -0.2) is 9.97 Å². The highest BCUT2D eigenvalue weighted by molar-refractivity contribution is 14.1. The van der Waals surface area contributed by atoms with Gasteiger partial charge in [0.2, 0.25) is 5.28 Å². The van der Waals surface area contributed by atoms with Crippen molar-refractivity contribution in [1.29, 1.82) is 0 Å². The van der Waals surface area contributed by atoms with Crippen LogP contribution in [0.15, 0.2) is 12.1 Å². The van der Waals surface area contributed by atoms with Gasteiger partial charge in [-0.3, -0.25) is 0 Å². The van der Waals surface area contributed by atoms with Crippen molar-refractivity contribution in [3.63, 3.8) is 0 Å². The van der Waals surface area contributed by atoms with Gasteiger partial charge in [0, 0.05) is 24.5 Å². The van der Waals surface area contributed by atoms with E-state index in [1.54, 1.807) is 7.11 Å². The minimum absolute atomic E-state index is 0.270. The van der Waals surface area contributed by atoms with Crippen molar-refractivity contribution in [2.75, 3.05) is 32.1 Å². The van der Waals surface area contributed by atoms with E-state index >= 15 is 0 Å². The number of nitrogens with zero attached hydrogens (tertiary/aromatic N) is 3. The van der Waals surface area contributed by atoms with Crippen LogP contribution in [0.3, 0.4) is 0 Å². The van der Waals surface area contributed by atoms with Crippen LogP contribution in [0.1, 0.15) is 19.8 Å². The second-order valence-corrected chi connectivity index (χ2v) is 7.20. The average molecular weight is 447 g/mol. The number of methoxy groups -OCH3 is 1. The molecule has 0 radical (unpaired) electrons. The zero-order valence-electron chi connectivity index (χ0n) is 13.3. The van der Waals surface area contributed by atoms with Gasteiger partial charge in [-0.05, 0) is 65.7 Å². The van der Waals surface area contributed by atoms with E-state index in [0.717, 1.165) is 58.5 Å². The van der Waals surface area contributed by atoms with Crippen LogP contribution in [0.25, 0.3) is 10.9 Å². The maximum atomic E-state index is 6.11. The summed E-state index contributed by atoms with van der Waals surface area (Å²) in [5.41, 5.74) is 0.837. The molecule has 0 spiro atoms. The molecule has 7 heteroatoms. The monoisotopic (exact) mass is 446 g/mol. The topological polar surface area (TPSA) is 50.3 Å². The molecule has 1 aromatic heterocycles. The van der Waals surface area contributed by atoms with Crippen LogP contribution < -0.4 is 10.1 Å². The van der Waals surface area contributed by atoms with Crippen LogP contribution in [0.5, 0.6) is 5.75 Å². The first-order chi connectivity index (χ1) is 11.1. The number of hydrogen-bond donors (Lipinski definition) is 1. The predicted octanol–water partition coefficient (Wildman–Crippen LogP) is 3.79. The van der Waals surface area contributed by atoms with Gasteiger partial charge >= 0.3 is 0 Å². The summed E-state index contributed by atoms with van der Waals surface area (Å²) in [5, 5.41) is 4.78. The summed E-state index contributed by atoms with van der Waals surface area (Å²) in [6, 6.07) is 4.38. The molecule has 0 bridgehead atoms. The first kappa shape index (κ1) is 17.0. The molecule has 0 atom stereocenters. The van der Waals surface area contributed by atoms with E-state index in [1.807, 2.05) is 12.1 Å². The summed E-state index contributed by atoms with van der Waals surface area (Å²) in [6.45, 7) is 5.56. The molecule has 1 N–H and O–H groups in total. The Bertz CT molecular complexity index is 704. The van der Waals surface area contributed by atoms with Crippen molar-refractivity contribution in [3.05, 3.63) is 21.0 Å². The smallest absolute Gasteiger partial charge is 0.224 e. The molecule has 1 fully saturated rings. The fourth-order valence-electron chi connectivity index (χ4n) is 2.96. The van der Waals surface area contributed by atoms with Crippen LogP contribution in [0.2, 0.25) is 5.28 Å². The van der Waals surface area contributed by atoms with Crippen molar-refractivity contribution in [1.82, 2.24) is 14.9 Å². The van der Waals surface area contributed by atoms with Crippen LogP contribution >= 0.6 is 34.2 Å². The van der Waals surface area contributed by atoms with Crippen molar-refractivity contribution >= 4 is 50.9 Å². The van der Waals surface area contributed by atoms with E-state index in [4.69, 9.17) is 16.3 Å². The number of likely N-dealkylation sites (tertiary alicyclic amines) is 1. The molecule has 0 unspecified atom stereocenters. The molecule has 1 aromatic carbocycles. The zero-order valence-corrected chi connectivity index (χ0v) is 16.2. The molecule has 0 aliphatic carbocycles. The van der Waals surface area contributed by atoms with E-state index in [0.29, 0.717) is 6.04 Å². The number of hydrogen-bond acceptors (Lipinski definition) is 5. The van der Waals surface area contributed by atoms with Crippen molar-refractivity contribution in [2.45, 2.75) is 25.8 Å². The predicted molar refractivity (Wildman–Crippen MR) is 103 cm³/mol. The molecular weight excluding hydrogens is 427 g/mol. The minimum atomic E-state index is 0.270. The molecule has 23 heavy (non-hydrogen) atoms. The van der Waals surface area contributed by atoms with Gasteiger partial charge in [-0.15, -0.1) is 0 Å². The van der Waals surface area contributed by atoms with Crippen LogP contribution in [-0.2, 0) is 0 Å². The lowest BCUT2D eigenvalue weighted by molar-refractivity contribution is 0.229. The number of benzene rings is 1. The normalized spacial score (nSPS) is 16.7. The Labute approximate surface area is 154 Å². The van der Waals surface area contributed by atoms with Crippen molar-refractivity contribution in [3.8, 4) is 5.75 Å². The lowest BCUT2D eigenvalue weighted by atomic mass is 10.0. The van der Waals surface area contributed by atoms with Gasteiger partial charge in [0.05, 0.1) is 16.2 Å². The second kappa shape index (κ2) is 7.36. The molecule has 2 heterocycles. The number of ether oxygens (including phenoxy) is 1. The van der Waals surface area contributed by atoms with Gasteiger partial charge in [0.1, 0.15) is 11.6 Å². The zero-order chi connectivity index (χ0) is 16.4. The lowest BCUT2D eigenvalue weighted by Crippen LogP contribution is -2.39. The summed E-state index contributed by atoms with van der Waals surface area (Å²) in [4.78, 5) is 11.2. The second-order valence-electron chi connectivity index (χ2n) is 5.70. The Morgan fingerprint density at radius 1 is 1.35 bits per heavy atom. The summed E-state index contributed by atoms with van der Waals surface area (Å²) >= 11 is 8.35. The third-order valence-corrected chi connectivity index (χ3v) is 5.33. The molecule has 0 saturated carbocycles. The molecule has 1 aliphatic rings. The van der Waals surface area contributed by atoms with Crippen molar-refractivity contribution in [2.24, 2.45) is 0 Å². The fourth-order valence-corrected chi connectivity index (χ4v) is 3.80. The van der Waals surface area contributed by atoms with Crippen LogP contribution in [0.4, 0.5) is 5.82 Å². The third-order valence-electron chi connectivity index (χ3n) is 4.32. The number of piperidine rings is 1. The Hall–Kier alpha value is -0.860. The van der Waals surface area contributed by atoms with Crippen LogP contribution in [0, 0.1) is 3.57 Å². The highest BCUT2D eigenvalue weighted by atomic mass is 127. The van der Waals surface area contributed by atoms with E-state index in [-0.39, 0.29) is 5.28 Å². The summed E-state index contributed by atoms with van der Waals surface area (Å²) in [6.07, 6.45) is 2.22. The van der Waals surface area contributed by atoms with E-state index in [1.165, 1.54) is 0 Å². The molecule has 1 aliphatic heterocycles.